The third-order valence-corrected chi connectivity index (χ3v) is 9.70. The summed E-state index contributed by atoms with van der Waals surface area (Å²) >= 11 is 0. The van der Waals surface area contributed by atoms with Crippen LogP contribution in [0.3, 0.4) is 0 Å². The maximum Gasteiger partial charge on any atom is 0.305 e. The topological polar surface area (TPSA) is 48.0 Å². The molecule has 5 nitrogen and oxygen atoms in total. The third-order valence-electron chi connectivity index (χ3n) is 9.70. The Morgan fingerprint density at radius 2 is 0.887 bits per heavy atom. The zero-order valence-corrected chi connectivity index (χ0v) is 36.0. The maximum absolute atomic E-state index is 12.5. The molecule has 310 valence electrons. The molecule has 0 radical (unpaired) electrons. The highest BCUT2D eigenvalue weighted by atomic mass is 16.5. The van der Waals surface area contributed by atoms with Crippen molar-refractivity contribution >= 4 is 5.97 Å². The van der Waals surface area contributed by atoms with Gasteiger partial charge in [-0.1, -0.05) is 146 Å². The lowest BCUT2D eigenvalue weighted by atomic mass is 9.94. The standard InChI is InChI=1S/C48H89NO4/c1-6-8-10-12-14-16-18-20-22-24-26-28-30-32-34-38-42-51-44-48(3,46-53-47(50)40-36-37-41-49(4)5)45-52-43-39-35-33-31-29-27-25-23-21-19-17-15-13-11-9-7-2/h14-17,20-23H,6-13,18-19,24-46H2,1-5H3/b16-14-,17-15-,22-20-,23-21-. The normalized spacial score (nSPS) is 12.6. The quantitative estimate of drug-likeness (QED) is 0.0354. The van der Waals surface area contributed by atoms with Crippen molar-refractivity contribution in [3.63, 3.8) is 0 Å². The fraction of sp³-hybridized carbons (Fsp3) is 0.812. The van der Waals surface area contributed by atoms with Crippen LogP contribution in [0.2, 0.25) is 0 Å². The number of esters is 1. The minimum Gasteiger partial charge on any atom is -0.465 e. The summed E-state index contributed by atoms with van der Waals surface area (Å²) in [6.07, 6.45) is 50.8. The molecule has 0 saturated heterocycles. The van der Waals surface area contributed by atoms with Crippen LogP contribution in [0.15, 0.2) is 48.6 Å². The summed E-state index contributed by atoms with van der Waals surface area (Å²) in [6, 6.07) is 0. The molecule has 0 bridgehead atoms. The van der Waals surface area contributed by atoms with Gasteiger partial charge in [-0.25, -0.2) is 0 Å². The van der Waals surface area contributed by atoms with Crippen molar-refractivity contribution in [1.82, 2.24) is 4.90 Å². The highest BCUT2D eigenvalue weighted by Crippen LogP contribution is 2.20. The Bertz CT molecular complexity index is 825. The van der Waals surface area contributed by atoms with Crippen LogP contribution in [0, 0.1) is 5.41 Å². The van der Waals surface area contributed by atoms with Gasteiger partial charge in [-0.3, -0.25) is 4.79 Å². The van der Waals surface area contributed by atoms with E-state index in [1.54, 1.807) is 0 Å². The summed E-state index contributed by atoms with van der Waals surface area (Å²) in [4.78, 5) is 14.6. The second-order valence-electron chi connectivity index (χ2n) is 16.0. The van der Waals surface area contributed by atoms with E-state index in [1.807, 2.05) is 0 Å². The Labute approximate surface area is 330 Å². The largest absolute Gasteiger partial charge is 0.465 e. The zero-order chi connectivity index (χ0) is 38.8. The number of carbonyl (C=O) groups is 1. The lowest BCUT2D eigenvalue weighted by Gasteiger charge is -2.29. The molecule has 0 rings (SSSR count). The minimum absolute atomic E-state index is 0.106. The Kier molecular flexibility index (Phi) is 40.2. The zero-order valence-electron chi connectivity index (χ0n) is 36.0. The summed E-state index contributed by atoms with van der Waals surface area (Å²) in [5.41, 5.74) is -0.323. The first kappa shape index (κ1) is 51.3. The molecule has 0 amide bonds. The molecular formula is C48H89NO4. The SMILES string of the molecule is CCCCC/C=C\C/C=C\CCCCCCCCOCC(C)(COCCCCCCCC/C=C\C/C=C\CCCCC)COC(=O)CCCCN(C)C. The van der Waals surface area contributed by atoms with Crippen LogP contribution in [-0.2, 0) is 19.0 Å². The van der Waals surface area contributed by atoms with Gasteiger partial charge >= 0.3 is 5.97 Å². The molecule has 0 aromatic carbocycles. The summed E-state index contributed by atoms with van der Waals surface area (Å²) in [5, 5.41) is 0. The monoisotopic (exact) mass is 744 g/mol. The van der Waals surface area contributed by atoms with Crippen molar-refractivity contribution in [2.75, 3.05) is 53.7 Å². The van der Waals surface area contributed by atoms with E-state index in [0.29, 0.717) is 26.2 Å². The van der Waals surface area contributed by atoms with Crippen molar-refractivity contribution in [1.29, 1.82) is 0 Å². The van der Waals surface area contributed by atoms with E-state index in [1.165, 1.54) is 128 Å². The van der Waals surface area contributed by atoms with Crippen LogP contribution in [-0.4, -0.2) is 64.5 Å². The number of ether oxygens (including phenoxy) is 3. The fourth-order valence-electron chi connectivity index (χ4n) is 6.17. The summed E-state index contributed by atoms with van der Waals surface area (Å²) in [6.45, 7) is 10.6. The average molecular weight is 744 g/mol. The predicted octanol–water partition coefficient (Wildman–Crippen LogP) is 13.9. The van der Waals surface area contributed by atoms with Crippen molar-refractivity contribution in [2.24, 2.45) is 5.41 Å². The van der Waals surface area contributed by atoms with E-state index in [-0.39, 0.29) is 11.4 Å². The highest BCUT2D eigenvalue weighted by molar-refractivity contribution is 5.69. The van der Waals surface area contributed by atoms with Gasteiger partial charge in [-0.15, -0.1) is 0 Å². The van der Waals surface area contributed by atoms with Crippen molar-refractivity contribution in [3.8, 4) is 0 Å². The van der Waals surface area contributed by atoms with Gasteiger partial charge in [0.05, 0.1) is 13.2 Å². The van der Waals surface area contributed by atoms with Gasteiger partial charge in [0.15, 0.2) is 0 Å². The lowest BCUT2D eigenvalue weighted by Crippen LogP contribution is -2.35. The number of hydrogen-bond donors (Lipinski definition) is 0. The molecule has 0 aromatic rings. The van der Waals surface area contributed by atoms with Gasteiger partial charge in [-0.2, -0.15) is 0 Å². The van der Waals surface area contributed by atoms with E-state index in [0.717, 1.165) is 58.3 Å². The van der Waals surface area contributed by atoms with Crippen LogP contribution in [0.25, 0.3) is 0 Å². The molecule has 53 heavy (non-hydrogen) atoms. The van der Waals surface area contributed by atoms with Gasteiger partial charge in [0.25, 0.3) is 0 Å². The molecule has 0 aliphatic rings. The molecule has 0 saturated carbocycles. The molecule has 0 unspecified atom stereocenters. The second kappa shape index (κ2) is 41.5. The van der Waals surface area contributed by atoms with E-state index in [4.69, 9.17) is 14.2 Å². The first-order valence-corrected chi connectivity index (χ1v) is 22.5. The van der Waals surface area contributed by atoms with E-state index in [9.17, 15) is 4.79 Å². The predicted molar refractivity (Wildman–Crippen MR) is 232 cm³/mol. The number of rotatable bonds is 41. The molecule has 0 aliphatic heterocycles. The Balaban J connectivity index is 4.16. The van der Waals surface area contributed by atoms with Crippen LogP contribution < -0.4 is 0 Å². The van der Waals surface area contributed by atoms with Gasteiger partial charge in [0, 0.05) is 25.0 Å². The molecule has 5 heteroatoms. The van der Waals surface area contributed by atoms with E-state index < -0.39 is 0 Å². The van der Waals surface area contributed by atoms with Gasteiger partial charge in [0.2, 0.25) is 0 Å². The van der Waals surface area contributed by atoms with Crippen LogP contribution in [0.4, 0.5) is 0 Å². The highest BCUT2D eigenvalue weighted by Gasteiger charge is 2.27. The van der Waals surface area contributed by atoms with Gasteiger partial charge in [0.1, 0.15) is 6.61 Å². The van der Waals surface area contributed by atoms with Gasteiger partial charge in [-0.05, 0) is 111 Å². The molecule has 0 spiro atoms. The van der Waals surface area contributed by atoms with Crippen LogP contribution in [0.1, 0.15) is 194 Å². The van der Waals surface area contributed by atoms with Crippen molar-refractivity contribution in [2.45, 2.75) is 194 Å². The molecule has 0 atom stereocenters. The van der Waals surface area contributed by atoms with Crippen LogP contribution in [0.5, 0.6) is 0 Å². The molecule has 0 aliphatic carbocycles. The number of unbranched alkanes of at least 4 members (excludes halogenated alkanes) is 19. The molecule has 0 aromatic heterocycles. The Hall–Kier alpha value is -1.69. The maximum atomic E-state index is 12.5. The summed E-state index contributed by atoms with van der Waals surface area (Å²) in [7, 11) is 4.13. The lowest BCUT2D eigenvalue weighted by molar-refractivity contribution is -0.150. The second-order valence-corrected chi connectivity index (χ2v) is 16.0. The number of allylic oxidation sites excluding steroid dienone is 8. The van der Waals surface area contributed by atoms with Gasteiger partial charge < -0.3 is 19.1 Å². The van der Waals surface area contributed by atoms with Crippen molar-refractivity contribution in [3.05, 3.63) is 48.6 Å². The molecule has 0 heterocycles. The van der Waals surface area contributed by atoms with Crippen LogP contribution >= 0.6 is 0 Å². The minimum atomic E-state index is -0.323. The van der Waals surface area contributed by atoms with E-state index in [2.05, 4.69) is 88.4 Å². The number of hydrogen-bond acceptors (Lipinski definition) is 5. The summed E-state index contributed by atoms with van der Waals surface area (Å²) < 4.78 is 18.1. The fourth-order valence-corrected chi connectivity index (χ4v) is 6.17. The average Bonchev–Trinajstić information content (AvgIpc) is 3.14. The number of carbonyl (C=O) groups excluding carboxylic acids is 1. The molecule has 0 fully saturated rings. The third kappa shape index (κ3) is 41.3. The summed E-state index contributed by atoms with van der Waals surface area (Å²) in [5.74, 6) is -0.106. The molecular weight excluding hydrogens is 655 g/mol. The number of nitrogens with zero attached hydrogens (tertiary/aromatic N) is 1. The Morgan fingerprint density at radius 1 is 0.491 bits per heavy atom. The smallest absolute Gasteiger partial charge is 0.305 e. The van der Waals surface area contributed by atoms with E-state index >= 15 is 0 Å². The molecule has 0 N–H and O–H groups in total. The Morgan fingerprint density at radius 3 is 1.30 bits per heavy atom. The first-order chi connectivity index (χ1) is 25.9. The first-order valence-electron chi connectivity index (χ1n) is 22.5. The van der Waals surface area contributed by atoms with Crippen molar-refractivity contribution < 1.29 is 19.0 Å².